The second kappa shape index (κ2) is 14.4. The van der Waals surface area contributed by atoms with E-state index in [1.54, 1.807) is 30.3 Å². The number of hydrogen-bond donors (Lipinski definition) is 1. The van der Waals surface area contributed by atoms with Crippen molar-refractivity contribution < 1.29 is 27.5 Å². The number of nitrogens with one attached hydrogen (secondary N) is 1. The Labute approximate surface area is 265 Å². The van der Waals surface area contributed by atoms with Gasteiger partial charge in [-0.1, -0.05) is 92.9 Å². The summed E-state index contributed by atoms with van der Waals surface area (Å²) in [7, 11) is -4.28. The molecule has 0 saturated heterocycles. The number of aliphatic imine (C=N–C) groups is 1. The van der Waals surface area contributed by atoms with Crippen molar-refractivity contribution in [2.24, 2.45) is 4.99 Å². The van der Waals surface area contributed by atoms with Crippen LogP contribution in [0.1, 0.15) is 75.5 Å². The molecule has 9 nitrogen and oxygen atoms in total. The van der Waals surface area contributed by atoms with E-state index in [9.17, 15) is 18.0 Å². The average molecular weight is 632 g/mol. The monoisotopic (exact) mass is 631 g/mol. The third-order valence-electron chi connectivity index (χ3n) is 8.35. The first-order valence-corrected chi connectivity index (χ1v) is 17.2. The number of amidine groups is 1. The molecule has 1 aliphatic carbocycles. The second-order valence-electron chi connectivity index (χ2n) is 11.6. The highest BCUT2D eigenvalue weighted by atomic mass is 32.2. The van der Waals surface area contributed by atoms with Gasteiger partial charge in [-0.25, -0.2) is 17.9 Å². The zero-order valence-electron chi connectivity index (χ0n) is 26.0. The maximum atomic E-state index is 13.7. The summed E-state index contributed by atoms with van der Waals surface area (Å²) in [5.41, 5.74) is 2.89. The van der Waals surface area contributed by atoms with E-state index in [-0.39, 0.29) is 24.0 Å². The summed E-state index contributed by atoms with van der Waals surface area (Å²) >= 11 is 0. The molecular formula is C35H41N3O6S. The molecule has 45 heavy (non-hydrogen) atoms. The number of carbonyl (C=O) groups is 2. The standard InChI is InChI=1S/C35H41N3O6S/c1-3-5-17-32-36-35(20-11-12-21-35)33(39)38(32)23-27-18-19-29(28(22-27)25-43-4-2)30-15-9-10-16-31(30)45(41,42)37-34(40)44-24-26-13-7-6-8-14-26/h6-10,13-16,18-19,22H,3-5,11-12,17,20-21,23-25H2,1-2H3,(H,37,40). The van der Waals surface area contributed by atoms with E-state index in [1.165, 1.54) is 6.07 Å². The highest BCUT2D eigenvalue weighted by molar-refractivity contribution is 7.90. The van der Waals surface area contributed by atoms with Gasteiger partial charge in [-0.15, -0.1) is 0 Å². The Balaban J connectivity index is 1.40. The summed E-state index contributed by atoms with van der Waals surface area (Å²) < 4.78 is 39.9. The van der Waals surface area contributed by atoms with Gasteiger partial charge in [0.25, 0.3) is 15.9 Å². The number of amides is 2. The molecule has 0 atom stereocenters. The first-order valence-electron chi connectivity index (χ1n) is 15.7. The molecular weight excluding hydrogens is 590 g/mol. The van der Waals surface area contributed by atoms with Crippen LogP contribution >= 0.6 is 0 Å². The van der Waals surface area contributed by atoms with Crippen LogP contribution in [0.4, 0.5) is 4.79 Å². The lowest BCUT2D eigenvalue weighted by Gasteiger charge is -2.23. The van der Waals surface area contributed by atoms with Gasteiger partial charge in [0, 0.05) is 18.6 Å². The quantitative estimate of drug-likeness (QED) is 0.223. The molecule has 1 aliphatic heterocycles. The van der Waals surface area contributed by atoms with E-state index in [0.29, 0.717) is 24.3 Å². The van der Waals surface area contributed by atoms with Crippen molar-refractivity contribution in [1.82, 2.24) is 9.62 Å². The van der Waals surface area contributed by atoms with Crippen molar-refractivity contribution in [3.05, 3.63) is 89.5 Å². The fraction of sp³-hybridized carbons (Fsp3) is 0.400. The fourth-order valence-electron chi connectivity index (χ4n) is 6.06. The van der Waals surface area contributed by atoms with Gasteiger partial charge in [0.2, 0.25) is 0 Å². The minimum absolute atomic E-state index is 0.0564. The smallest absolute Gasteiger partial charge is 0.421 e. The third-order valence-corrected chi connectivity index (χ3v) is 9.72. The van der Waals surface area contributed by atoms with E-state index in [0.717, 1.165) is 67.5 Å². The Morgan fingerprint density at radius 2 is 1.67 bits per heavy atom. The van der Waals surface area contributed by atoms with Crippen LogP contribution in [0.5, 0.6) is 0 Å². The first-order chi connectivity index (χ1) is 21.8. The van der Waals surface area contributed by atoms with Crippen molar-refractivity contribution in [2.45, 2.75) is 89.0 Å². The summed E-state index contributed by atoms with van der Waals surface area (Å²) in [5.74, 6) is 0.948. The average Bonchev–Trinajstić information content (AvgIpc) is 3.62. The molecule has 238 valence electrons. The minimum Gasteiger partial charge on any atom is -0.444 e. The molecule has 5 rings (SSSR count). The molecule has 2 aliphatic rings. The Morgan fingerprint density at radius 1 is 0.933 bits per heavy atom. The topological polar surface area (TPSA) is 114 Å². The molecule has 1 heterocycles. The van der Waals surface area contributed by atoms with Gasteiger partial charge < -0.3 is 9.47 Å². The zero-order chi connectivity index (χ0) is 31.9. The predicted octanol–water partition coefficient (Wildman–Crippen LogP) is 6.75. The Hall–Kier alpha value is -4.02. The molecule has 0 unspecified atom stereocenters. The largest absolute Gasteiger partial charge is 0.444 e. The van der Waals surface area contributed by atoms with Crippen molar-refractivity contribution in [3.8, 4) is 11.1 Å². The first kappa shape index (κ1) is 32.4. The van der Waals surface area contributed by atoms with Crippen molar-refractivity contribution in [2.75, 3.05) is 6.61 Å². The highest BCUT2D eigenvalue weighted by Gasteiger charge is 2.49. The molecule has 1 spiro atoms. The number of nitrogens with zero attached hydrogens (tertiary/aromatic N) is 2. The number of ether oxygens (including phenoxy) is 2. The summed E-state index contributed by atoms with van der Waals surface area (Å²) in [5, 5.41) is 0. The van der Waals surface area contributed by atoms with Crippen LogP contribution in [-0.2, 0) is 44.1 Å². The van der Waals surface area contributed by atoms with E-state index < -0.39 is 21.7 Å². The molecule has 3 aromatic carbocycles. The van der Waals surface area contributed by atoms with Gasteiger partial charge in [-0.2, -0.15) is 0 Å². The molecule has 3 aromatic rings. The Morgan fingerprint density at radius 3 is 2.40 bits per heavy atom. The zero-order valence-corrected chi connectivity index (χ0v) is 26.8. The molecule has 0 radical (unpaired) electrons. The van der Waals surface area contributed by atoms with Gasteiger partial charge in [0.05, 0.1) is 18.0 Å². The number of sulfonamides is 1. The van der Waals surface area contributed by atoms with Crippen molar-refractivity contribution in [3.63, 3.8) is 0 Å². The highest BCUT2D eigenvalue weighted by Crippen LogP contribution is 2.40. The molecule has 1 saturated carbocycles. The van der Waals surface area contributed by atoms with Crippen molar-refractivity contribution >= 4 is 27.9 Å². The van der Waals surface area contributed by atoms with Crippen LogP contribution in [0.2, 0.25) is 0 Å². The molecule has 0 bridgehead atoms. The SMILES string of the molecule is CCCCC1=NC2(CCCC2)C(=O)N1Cc1ccc(-c2ccccc2S(=O)(=O)NC(=O)OCc2ccccc2)c(COCC)c1. The number of benzene rings is 3. The van der Waals surface area contributed by atoms with Gasteiger partial charge in [-0.05, 0) is 54.5 Å². The molecule has 0 aromatic heterocycles. The molecule has 1 N–H and O–H groups in total. The van der Waals surface area contributed by atoms with Crippen LogP contribution < -0.4 is 4.72 Å². The van der Waals surface area contributed by atoms with Crippen LogP contribution in [0, 0.1) is 0 Å². The van der Waals surface area contributed by atoms with E-state index in [2.05, 4.69) is 6.92 Å². The van der Waals surface area contributed by atoms with Gasteiger partial charge >= 0.3 is 6.09 Å². The Kier molecular flexibility index (Phi) is 10.4. The minimum atomic E-state index is -4.28. The molecule has 1 fully saturated rings. The van der Waals surface area contributed by atoms with E-state index >= 15 is 0 Å². The maximum Gasteiger partial charge on any atom is 0.421 e. The van der Waals surface area contributed by atoms with E-state index in [1.807, 2.05) is 52.9 Å². The summed E-state index contributed by atoms with van der Waals surface area (Å²) in [6.45, 7) is 5.07. The van der Waals surface area contributed by atoms with Gasteiger partial charge in [0.15, 0.2) is 0 Å². The lowest BCUT2D eigenvalue weighted by atomic mass is 9.96. The normalized spacial score (nSPS) is 15.8. The lowest BCUT2D eigenvalue weighted by molar-refractivity contribution is -0.131. The summed E-state index contributed by atoms with van der Waals surface area (Å²) in [4.78, 5) is 33.0. The van der Waals surface area contributed by atoms with Crippen LogP contribution in [0.15, 0.2) is 82.7 Å². The van der Waals surface area contributed by atoms with Crippen LogP contribution in [-0.4, -0.2) is 43.3 Å². The number of hydrogen-bond acceptors (Lipinski definition) is 7. The predicted molar refractivity (Wildman–Crippen MR) is 173 cm³/mol. The number of rotatable bonds is 13. The van der Waals surface area contributed by atoms with Crippen molar-refractivity contribution in [1.29, 1.82) is 0 Å². The summed E-state index contributed by atoms with van der Waals surface area (Å²) in [6, 6.07) is 21.3. The number of carbonyl (C=O) groups excluding carboxylic acids is 2. The second-order valence-corrected chi connectivity index (χ2v) is 13.2. The van der Waals surface area contributed by atoms with Crippen LogP contribution in [0.3, 0.4) is 0 Å². The van der Waals surface area contributed by atoms with Gasteiger partial charge in [0.1, 0.15) is 18.0 Å². The fourth-order valence-corrected chi connectivity index (χ4v) is 7.17. The van der Waals surface area contributed by atoms with Crippen LogP contribution in [0.25, 0.3) is 11.1 Å². The molecule has 2 amide bonds. The number of unbranched alkanes of at least 4 members (excludes halogenated alkanes) is 1. The summed E-state index contributed by atoms with van der Waals surface area (Å²) in [6.07, 6.45) is 5.31. The third kappa shape index (κ3) is 7.45. The lowest BCUT2D eigenvalue weighted by Crippen LogP contribution is -2.40. The van der Waals surface area contributed by atoms with Gasteiger partial charge in [-0.3, -0.25) is 14.7 Å². The maximum absolute atomic E-state index is 13.7. The Bertz CT molecular complexity index is 1650. The molecule has 10 heteroatoms. The van der Waals surface area contributed by atoms with E-state index in [4.69, 9.17) is 14.5 Å².